The van der Waals surface area contributed by atoms with Gasteiger partial charge in [0.1, 0.15) is 17.5 Å². The number of rotatable bonds is 6. The smallest absolute Gasteiger partial charge is 0.251 e. The predicted molar refractivity (Wildman–Crippen MR) is 136 cm³/mol. The molecule has 36 heavy (non-hydrogen) atoms. The first kappa shape index (κ1) is 23.9. The van der Waals surface area contributed by atoms with Crippen LogP contribution in [0.5, 0.6) is 0 Å². The molecule has 0 radical (unpaired) electrons. The number of benzene rings is 3. The predicted octanol–water partition coefficient (Wildman–Crippen LogP) is 5.76. The fraction of sp³-hybridized carbons (Fsp3) is 0.241. The number of hydrogen-bond acceptors (Lipinski definition) is 3. The zero-order valence-electron chi connectivity index (χ0n) is 20.1. The van der Waals surface area contributed by atoms with Gasteiger partial charge >= 0.3 is 0 Å². The summed E-state index contributed by atoms with van der Waals surface area (Å²) < 4.78 is 27.9. The number of likely N-dealkylation sites (tertiary alicyclic amines) is 1. The highest BCUT2D eigenvalue weighted by Gasteiger charge is 2.23. The Kier molecular flexibility index (Phi) is 6.91. The monoisotopic (exact) mass is 486 g/mol. The Labute approximate surface area is 209 Å². The number of aromatic nitrogens is 2. The fourth-order valence-corrected chi connectivity index (χ4v) is 4.88. The third-order valence-electron chi connectivity index (χ3n) is 6.80. The van der Waals surface area contributed by atoms with Gasteiger partial charge in [-0.2, -0.15) is 0 Å². The highest BCUT2D eigenvalue weighted by Crippen LogP contribution is 2.33. The van der Waals surface area contributed by atoms with Crippen molar-refractivity contribution in [2.75, 3.05) is 20.1 Å². The standard InChI is InChI=1S/C29H28F2N4O/c1-32-29(36)21-10-8-19(9-11-21)20-12-14-35(15-13-20)18-26-33-27(22-4-2-6-24(30)16-22)28(34-26)23-5-3-7-25(31)17-23/h2-11,16-17,20H,12-15,18H2,1H3,(H,32,36)(H,33,34). The molecule has 5 rings (SSSR count). The van der Waals surface area contributed by atoms with E-state index in [0.29, 0.717) is 40.5 Å². The summed E-state index contributed by atoms with van der Waals surface area (Å²) in [5.74, 6) is 0.459. The molecule has 1 fully saturated rings. The van der Waals surface area contributed by atoms with Crippen LogP contribution in [0.25, 0.3) is 22.5 Å². The van der Waals surface area contributed by atoms with E-state index in [0.717, 1.165) is 31.8 Å². The first-order chi connectivity index (χ1) is 17.5. The van der Waals surface area contributed by atoms with Crippen molar-refractivity contribution in [1.29, 1.82) is 0 Å². The van der Waals surface area contributed by atoms with Gasteiger partial charge in [-0.3, -0.25) is 9.69 Å². The molecule has 5 nitrogen and oxygen atoms in total. The molecular formula is C29H28F2N4O. The van der Waals surface area contributed by atoms with Crippen LogP contribution in [0.3, 0.4) is 0 Å². The van der Waals surface area contributed by atoms with Crippen molar-refractivity contribution >= 4 is 5.91 Å². The average Bonchev–Trinajstić information content (AvgIpc) is 3.33. The van der Waals surface area contributed by atoms with Gasteiger partial charge in [0.2, 0.25) is 0 Å². The lowest BCUT2D eigenvalue weighted by Gasteiger charge is -2.31. The summed E-state index contributed by atoms with van der Waals surface area (Å²) in [5.41, 5.74) is 4.53. The van der Waals surface area contributed by atoms with Crippen LogP contribution in [0.1, 0.15) is 40.5 Å². The Morgan fingerprint density at radius 1 is 0.972 bits per heavy atom. The number of nitrogens with zero attached hydrogens (tertiary/aromatic N) is 2. The summed E-state index contributed by atoms with van der Waals surface area (Å²) >= 11 is 0. The van der Waals surface area contributed by atoms with Crippen LogP contribution in [0.4, 0.5) is 8.78 Å². The van der Waals surface area contributed by atoms with Gasteiger partial charge < -0.3 is 10.3 Å². The molecule has 0 unspecified atom stereocenters. The molecule has 4 aromatic rings. The topological polar surface area (TPSA) is 61.0 Å². The third kappa shape index (κ3) is 5.21. The lowest BCUT2D eigenvalue weighted by atomic mass is 9.89. The minimum absolute atomic E-state index is 0.0787. The number of halogens is 2. The number of imidazole rings is 1. The Morgan fingerprint density at radius 3 is 2.25 bits per heavy atom. The van der Waals surface area contributed by atoms with Crippen LogP contribution in [-0.4, -0.2) is 40.9 Å². The summed E-state index contributed by atoms with van der Waals surface area (Å²) in [7, 11) is 1.63. The normalized spacial score (nSPS) is 14.6. The first-order valence-electron chi connectivity index (χ1n) is 12.2. The van der Waals surface area contributed by atoms with Gasteiger partial charge in [0, 0.05) is 23.7 Å². The Hall–Kier alpha value is -3.84. The van der Waals surface area contributed by atoms with Crippen molar-refractivity contribution in [1.82, 2.24) is 20.2 Å². The molecule has 0 atom stereocenters. The van der Waals surface area contributed by atoms with Crippen LogP contribution < -0.4 is 5.32 Å². The summed E-state index contributed by atoms with van der Waals surface area (Å²) in [6.07, 6.45) is 2.01. The Morgan fingerprint density at radius 2 is 1.61 bits per heavy atom. The van der Waals surface area contributed by atoms with Crippen molar-refractivity contribution in [3.8, 4) is 22.5 Å². The molecule has 2 N–H and O–H groups in total. The number of hydrogen-bond donors (Lipinski definition) is 2. The molecule has 0 saturated carbocycles. The number of aromatic amines is 1. The number of amides is 1. The van der Waals surface area contributed by atoms with Gasteiger partial charge in [0.15, 0.2) is 0 Å². The largest absolute Gasteiger partial charge is 0.355 e. The molecule has 0 bridgehead atoms. The minimum atomic E-state index is -0.340. The molecule has 1 amide bonds. The Bertz CT molecular complexity index is 1290. The van der Waals surface area contributed by atoms with Gasteiger partial charge in [-0.1, -0.05) is 36.4 Å². The zero-order valence-corrected chi connectivity index (χ0v) is 20.1. The minimum Gasteiger partial charge on any atom is -0.355 e. The van der Waals surface area contributed by atoms with Crippen molar-refractivity contribution in [3.05, 3.63) is 101 Å². The van der Waals surface area contributed by atoms with E-state index in [-0.39, 0.29) is 17.5 Å². The van der Waals surface area contributed by atoms with E-state index in [9.17, 15) is 13.6 Å². The van der Waals surface area contributed by atoms with E-state index >= 15 is 0 Å². The summed E-state index contributed by atoms with van der Waals surface area (Å²) in [6.45, 7) is 2.44. The number of H-pyrrole nitrogens is 1. The second-order valence-electron chi connectivity index (χ2n) is 9.18. The lowest BCUT2D eigenvalue weighted by Crippen LogP contribution is -2.32. The number of piperidine rings is 1. The van der Waals surface area contributed by atoms with Crippen molar-refractivity contribution in [3.63, 3.8) is 0 Å². The summed E-state index contributed by atoms with van der Waals surface area (Å²) in [4.78, 5) is 22.3. The molecule has 1 aromatic heterocycles. The molecule has 0 spiro atoms. The van der Waals surface area contributed by atoms with Crippen LogP contribution in [0.2, 0.25) is 0 Å². The van der Waals surface area contributed by atoms with E-state index in [1.165, 1.54) is 29.8 Å². The summed E-state index contributed by atoms with van der Waals surface area (Å²) in [5, 5.41) is 2.65. The van der Waals surface area contributed by atoms with Crippen molar-refractivity contribution in [2.45, 2.75) is 25.3 Å². The maximum absolute atomic E-state index is 14.0. The highest BCUT2D eigenvalue weighted by molar-refractivity contribution is 5.93. The maximum atomic E-state index is 14.0. The van der Waals surface area contributed by atoms with Gasteiger partial charge in [-0.25, -0.2) is 13.8 Å². The molecule has 7 heteroatoms. The van der Waals surface area contributed by atoms with Crippen LogP contribution in [-0.2, 0) is 6.54 Å². The second kappa shape index (κ2) is 10.4. The molecule has 1 aliphatic heterocycles. The first-order valence-corrected chi connectivity index (χ1v) is 12.2. The van der Waals surface area contributed by atoms with Gasteiger partial charge in [0.05, 0.1) is 17.9 Å². The average molecular weight is 487 g/mol. The van der Waals surface area contributed by atoms with Gasteiger partial charge in [0.25, 0.3) is 5.91 Å². The van der Waals surface area contributed by atoms with Crippen LogP contribution in [0.15, 0.2) is 72.8 Å². The number of nitrogens with one attached hydrogen (secondary N) is 2. The number of carbonyl (C=O) groups excluding carboxylic acids is 1. The Balaban J connectivity index is 1.31. The molecular weight excluding hydrogens is 458 g/mol. The maximum Gasteiger partial charge on any atom is 0.251 e. The van der Waals surface area contributed by atoms with E-state index in [1.54, 1.807) is 19.2 Å². The molecule has 2 heterocycles. The lowest BCUT2D eigenvalue weighted by molar-refractivity contribution is 0.0963. The number of carbonyl (C=O) groups is 1. The molecule has 184 valence electrons. The van der Waals surface area contributed by atoms with E-state index in [2.05, 4.69) is 15.2 Å². The summed E-state index contributed by atoms with van der Waals surface area (Å²) in [6, 6.07) is 20.5. The molecule has 3 aromatic carbocycles. The second-order valence-corrected chi connectivity index (χ2v) is 9.18. The van der Waals surface area contributed by atoms with Crippen molar-refractivity contribution in [2.24, 2.45) is 0 Å². The SMILES string of the molecule is CNC(=O)c1ccc(C2CCN(Cc3nc(-c4cccc(F)c4)c(-c4cccc(F)c4)[nH]3)CC2)cc1. The van der Waals surface area contributed by atoms with E-state index in [1.807, 2.05) is 36.4 Å². The molecule has 1 aliphatic rings. The van der Waals surface area contributed by atoms with Gasteiger partial charge in [-0.15, -0.1) is 0 Å². The quantitative estimate of drug-likeness (QED) is 0.364. The molecule has 0 aliphatic carbocycles. The third-order valence-corrected chi connectivity index (χ3v) is 6.80. The van der Waals surface area contributed by atoms with Crippen LogP contribution in [0, 0.1) is 11.6 Å². The van der Waals surface area contributed by atoms with E-state index in [4.69, 9.17) is 4.98 Å². The van der Waals surface area contributed by atoms with Crippen molar-refractivity contribution < 1.29 is 13.6 Å². The zero-order chi connectivity index (χ0) is 25.1. The van der Waals surface area contributed by atoms with E-state index < -0.39 is 0 Å². The van der Waals surface area contributed by atoms with Crippen LogP contribution >= 0.6 is 0 Å². The highest BCUT2D eigenvalue weighted by atomic mass is 19.1. The fourth-order valence-electron chi connectivity index (χ4n) is 4.88. The van der Waals surface area contributed by atoms with Gasteiger partial charge in [-0.05, 0) is 73.8 Å². The molecule has 1 saturated heterocycles.